The molecule has 0 unspecified atom stereocenters. The molecule has 5 aromatic rings. The van der Waals surface area contributed by atoms with Crippen molar-refractivity contribution in [1.82, 2.24) is 9.97 Å². The van der Waals surface area contributed by atoms with Crippen molar-refractivity contribution in [2.24, 2.45) is 0 Å². The van der Waals surface area contributed by atoms with Crippen molar-refractivity contribution >= 4 is 83.9 Å². The van der Waals surface area contributed by atoms with Crippen LogP contribution in [0.15, 0.2) is 75.4 Å². The molecule has 0 radical (unpaired) electrons. The van der Waals surface area contributed by atoms with Gasteiger partial charge in [-0.25, -0.2) is 9.97 Å². The Hall–Kier alpha value is -2.99. The fourth-order valence-electron chi connectivity index (χ4n) is 3.15. The summed E-state index contributed by atoms with van der Waals surface area (Å²) in [4.78, 5) is 32.1. The molecule has 2 aromatic heterocycles. The SMILES string of the molecule is O=C(CSc1nc2ccc([N+](=O)[O-])cc2s1)Nc1ccc2nc(SCc3ccccc3)sc2c1. The molecule has 0 atom stereocenters. The molecular weight excluding hydrogens is 509 g/mol. The van der Waals surface area contributed by atoms with E-state index in [2.05, 4.69) is 27.4 Å². The van der Waals surface area contributed by atoms with Gasteiger partial charge in [0.25, 0.3) is 5.69 Å². The number of nitrogens with one attached hydrogen (secondary N) is 1. The zero-order valence-electron chi connectivity index (χ0n) is 17.5. The van der Waals surface area contributed by atoms with Crippen LogP contribution < -0.4 is 5.32 Å². The maximum atomic E-state index is 12.5. The first-order chi connectivity index (χ1) is 16.5. The number of amides is 1. The number of nitro groups is 1. The van der Waals surface area contributed by atoms with Gasteiger partial charge in [-0.15, -0.1) is 22.7 Å². The topological polar surface area (TPSA) is 98.0 Å². The summed E-state index contributed by atoms with van der Waals surface area (Å²) in [6, 6.07) is 20.6. The van der Waals surface area contributed by atoms with E-state index < -0.39 is 4.92 Å². The van der Waals surface area contributed by atoms with Crippen molar-refractivity contribution in [3.05, 3.63) is 82.4 Å². The normalized spacial score (nSPS) is 11.2. The molecule has 0 aliphatic carbocycles. The molecule has 0 spiro atoms. The van der Waals surface area contributed by atoms with Crippen LogP contribution in [0.4, 0.5) is 11.4 Å². The Bertz CT molecular complexity index is 1500. The Morgan fingerprint density at radius 2 is 1.59 bits per heavy atom. The van der Waals surface area contributed by atoms with Crippen LogP contribution in [-0.2, 0) is 10.5 Å². The Kier molecular flexibility index (Phi) is 6.77. The zero-order chi connectivity index (χ0) is 23.5. The minimum Gasteiger partial charge on any atom is -0.325 e. The number of rotatable bonds is 8. The molecular formula is C23H16N4O3S4. The average molecular weight is 525 g/mol. The molecule has 0 fully saturated rings. The van der Waals surface area contributed by atoms with Gasteiger partial charge in [0.2, 0.25) is 5.91 Å². The number of thioether (sulfide) groups is 2. The molecule has 0 aliphatic heterocycles. The summed E-state index contributed by atoms with van der Waals surface area (Å²) in [7, 11) is 0. The fraction of sp³-hybridized carbons (Fsp3) is 0.0870. The number of nitro benzene ring substituents is 1. The molecule has 11 heteroatoms. The Labute approximate surface area is 210 Å². The number of nitrogens with zero attached hydrogens (tertiary/aromatic N) is 3. The van der Waals surface area contributed by atoms with Gasteiger partial charge < -0.3 is 5.32 Å². The van der Waals surface area contributed by atoms with E-state index in [1.807, 2.05) is 36.4 Å². The van der Waals surface area contributed by atoms with E-state index in [-0.39, 0.29) is 17.3 Å². The number of benzene rings is 3. The summed E-state index contributed by atoms with van der Waals surface area (Å²) < 4.78 is 3.44. The zero-order valence-corrected chi connectivity index (χ0v) is 20.7. The Balaban J connectivity index is 1.19. The summed E-state index contributed by atoms with van der Waals surface area (Å²) in [5.74, 6) is 0.916. The lowest BCUT2D eigenvalue weighted by molar-refractivity contribution is -0.384. The number of hydrogen-bond donors (Lipinski definition) is 1. The molecule has 1 amide bonds. The minimum absolute atomic E-state index is 0.0329. The van der Waals surface area contributed by atoms with Crippen LogP contribution in [0.5, 0.6) is 0 Å². The molecule has 1 N–H and O–H groups in total. The number of fused-ring (bicyclic) bond motifs is 2. The Morgan fingerprint density at radius 1 is 0.912 bits per heavy atom. The summed E-state index contributed by atoms with van der Waals surface area (Å²) in [5.41, 5.74) is 3.61. The van der Waals surface area contributed by atoms with E-state index in [1.54, 1.807) is 29.2 Å². The van der Waals surface area contributed by atoms with E-state index in [4.69, 9.17) is 0 Å². The summed E-state index contributed by atoms with van der Waals surface area (Å²) in [6.45, 7) is 0. The number of hydrogen-bond acceptors (Lipinski definition) is 9. The van der Waals surface area contributed by atoms with Crippen LogP contribution >= 0.6 is 46.2 Å². The van der Waals surface area contributed by atoms with Crippen LogP contribution in [0.25, 0.3) is 20.4 Å². The lowest BCUT2D eigenvalue weighted by Gasteiger charge is -2.03. The molecule has 3 aromatic carbocycles. The third-order valence-corrected chi connectivity index (χ3v) is 9.14. The highest BCUT2D eigenvalue weighted by Crippen LogP contribution is 2.34. The van der Waals surface area contributed by atoms with Crippen LogP contribution in [0.2, 0.25) is 0 Å². The molecule has 34 heavy (non-hydrogen) atoms. The van der Waals surface area contributed by atoms with Crippen molar-refractivity contribution in [1.29, 1.82) is 0 Å². The molecule has 5 rings (SSSR count). The smallest absolute Gasteiger partial charge is 0.270 e. The van der Waals surface area contributed by atoms with Crippen LogP contribution in [0.3, 0.4) is 0 Å². The predicted molar refractivity (Wildman–Crippen MR) is 141 cm³/mol. The number of thiazole rings is 2. The van der Waals surface area contributed by atoms with E-state index in [9.17, 15) is 14.9 Å². The number of carbonyl (C=O) groups excluding carboxylic acids is 1. The van der Waals surface area contributed by atoms with Gasteiger partial charge >= 0.3 is 0 Å². The minimum atomic E-state index is -0.426. The van der Waals surface area contributed by atoms with Crippen LogP contribution in [0, 0.1) is 10.1 Å². The van der Waals surface area contributed by atoms with Crippen molar-refractivity contribution in [3.63, 3.8) is 0 Å². The van der Waals surface area contributed by atoms with E-state index >= 15 is 0 Å². The van der Waals surface area contributed by atoms with Gasteiger partial charge in [-0.3, -0.25) is 14.9 Å². The number of carbonyl (C=O) groups is 1. The van der Waals surface area contributed by atoms with Gasteiger partial charge in [-0.2, -0.15) is 0 Å². The van der Waals surface area contributed by atoms with Crippen LogP contribution in [0.1, 0.15) is 5.56 Å². The second-order valence-electron chi connectivity index (χ2n) is 7.16. The maximum absolute atomic E-state index is 12.5. The monoisotopic (exact) mass is 524 g/mol. The molecule has 7 nitrogen and oxygen atoms in total. The first kappa shape index (κ1) is 22.8. The summed E-state index contributed by atoms with van der Waals surface area (Å²) >= 11 is 5.97. The quantitative estimate of drug-likeness (QED) is 0.135. The third kappa shape index (κ3) is 5.39. The fourth-order valence-corrected chi connectivity index (χ4v) is 7.12. The lowest BCUT2D eigenvalue weighted by atomic mass is 10.2. The highest BCUT2D eigenvalue weighted by molar-refractivity contribution is 8.01. The van der Waals surface area contributed by atoms with Gasteiger partial charge in [0.15, 0.2) is 8.68 Å². The second kappa shape index (κ2) is 10.1. The van der Waals surface area contributed by atoms with E-state index in [0.29, 0.717) is 9.86 Å². The maximum Gasteiger partial charge on any atom is 0.270 e. The van der Waals surface area contributed by atoms with Gasteiger partial charge in [0, 0.05) is 23.6 Å². The third-order valence-electron chi connectivity index (χ3n) is 4.75. The molecule has 0 saturated heterocycles. The average Bonchev–Trinajstić information content (AvgIpc) is 3.44. The van der Waals surface area contributed by atoms with Crippen molar-refractivity contribution in [2.45, 2.75) is 14.4 Å². The number of anilines is 1. The molecule has 170 valence electrons. The molecule has 0 aliphatic rings. The lowest BCUT2D eigenvalue weighted by Crippen LogP contribution is -2.13. The van der Waals surface area contributed by atoms with Gasteiger partial charge in [0.1, 0.15) is 0 Å². The summed E-state index contributed by atoms with van der Waals surface area (Å²) in [6.07, 6.45) is 0. The first-order valence-corrected chi connectivity index (χ1v) is 13.7. The molecule has 2 heterocycles. The van der Waals surface area contributed by atoms with E-state index in [1.165, 1.54) is 40.8 Å². The first-order valence-electron chi connectivity index (χ1n) is 10.1. The van der Waals surface area contributed by atoms with Gasteiger partial charge in [0.05, 0.1) is 31.1 Å². The van der Waals surface area contributed by atoms with Crippen LogP contribution in [-0.4, -0.2) is 26.6 Å². The molecule has 0 bridgehead atoms. The summed E-state index contributed by atoms with van der Waals surface area (Å²) in [5, 5.41) is 13.9. The number of aromatic nitrogens is 2. The van der Waals surface area contributed by atoms with Crippen molar-refractivity contribution in [2.75, 3.05) is 11.1 Å². The second-order valence-corrected chi connectivity index (χ2v) is 11.7. The van der Waals surface area contributed by atoms with Gasteiger partial charge in [-0.1, -0.05) is 53.9 Å². The highest BCUT2D eigenvalue weighted by atomic mass is 32.2. The van der Waals surface area contributed by atoms with E-state index in [0.717, 1.165) is 30.7 Å². The Morgan fingerprint density at radius 3 is 2.32 bits per heavy atom. The van der Waals surface area contributed by atoms with Gasteiger partial charge in [-0.05, 0) is 29.8 Å². The van der Waals surface area contributed by atoms with Crippen molar-refractivity contribution < 1.29 is 9.72 Å². The highest BCUT2D eigenvalue weighted by Gasteiger charge is 2.13. The number of non-ortho nitro benzene ring substituents is 1. The van der Waals surface area contributed by atoms with Crippen molar-refractivity contribution in [3.8, 4) is 0 Å². The molecule has 0 saturated carbocycles. The largest absolute Gasteiger partial charge is 0.325 e. The predicted octanol–water partition coefficient (Wildman–Crippen LogP) is 6.84. The standard InChI is InChI=1S/C23H16N4O3S4/c28-21(13-32-23-26-18-9-7-16(27(29)30)11-20(18)34-23)24-15-6-8-17-19(10-15)33-22(25-17)31-12-14-4-2-1-3-5-14/h1-11H,12-13H2,(H,24,28).